The van der Waals surface area contributed by atoms with Gasteiger partial charge in [0.05, 0.1) is 26.4 Å². The highest BCUT2D eigenvalue weighted by atomic mass is 16.5. The van der Waals surface area contributed by atoms with Crippen LogP contribution in [0.3, 0.4) is 0 Å². The molecule has 0 spiro atoms. The Morgan fingerprint density at radius 3 is 0.929 bits per heavy atom. The first-order chi connectivity index (χ1) is 12.7. The van der Waals surface area contributed by atoms with Crippen LogP contribution >= 0.6 is 0 Å². The first-order valence-electron chi connectivity index (χ1n) is 7.58. The maximum Gasteiger partial charge on any atom is 0.404 e. The minimum Gasteiger partial charge on any atom is -0.478 e. The highest BCUT2D eigenvalue weighted by Gasteiger charge is 1.90. The van der Waals surface area contributed by atoms with Gasteiger partial charge in [0.15, 0.2) is 0 Å². The molecule has 0 heterocycles. The second-order valence-electron chi connectivity index (χ2n) is 4.12. The predicted octanol–water partition coefficient (Wildman–Crippen LogP) is 0.468. The summed E-state index contributed by atoms with van der Waals surface area (Å²) in [6, 6.07) is 0. The van der Waals surface area contributed by atoms with Crippen LogP contribution in [-0.2, 0) is 19.1 Å². The van der Waals surface area contributed by atoms with Crippen LogP contribution < -0.4 is 11.5 Å². The van der Waals surface area contributed by atoms with E-state index in [1.54, 1.807) is 13.8 Å². The van der Waals surface area contributed by atoms with E-state index in [4.69, 9.17) is 20.4 Å². The minimum atomic E-state index is -0.935. The number of nitrogens with two attached hydrogens (primary N) is 2. The quantitative estimate of drug-likeness (QED) is 0.342. The van der Waals surface area contributed by atoms with Gasteiger partial charge in [-0.1, -0.05) is 13.2 Å². The van der Waals surface area contributed by atoms with Crippen molar-refractivity contribution in [1.82, 2.24) is 0 Å². The van der Waals surface area contributed by atoms with Crippen molar-refractivity contribution in [3.63, 3.8) is 0 Å². The molecular formula is C16H32N2O10. The number of aliphatic carboxylic acids is 2. The molecule has 0 unspecified atom stereocenters. The molecule has 0 aliphatic carbocycles. The normalized spacial score (nSPS) is 7.50. The number of ether oxygens (including phenoxy) is 2. The highest BCUT2D eigenvalue weighted by molar-refractivity contribution is 5.85. The molecule has 0 aromatic rings. The number of hydrogen-bond acceptors (Lipinski definition) is 8. The van der Waals surface area contributed by atoms with Crippen molar-refractivity contribution in [3.05, 3.63) is 24.3 Å². The Balaban J connectivity index is -0.0000000793. The van der Waals surface area contributed by atoms with Gasteiger partial charge in [-0.15, -0.1) is 0 Å². The molecule has 0 saturated heterocycles. The van der Waals surface area contributed by atoms with E-state index in [0.29, 0.717) is 13.2 Å². The lowest BCUT2D eigenvalue weighted by Gasteiger charge is -1.89. The standard InChI is InChI=1S/2C4H6O2.2C3H7NO2.C2H6O2/c2*1-3(2)4(5)6;2*1-2-6-3(4)5;3-1-2-4/h2*1H2,2H3,(H,5,6);2*2H2,1H3,(H2,4,5);3-4H,1-2H2. The summed E-state index contributed by atoms with van der Waals surface area (Å²) >= 11 is 0. The van der Waals surface area contributed by atoms with Crippen LogP contribution in [0.5, 0.6) is 0 Å². The Labute approximate surface area is 164 Å². The van der Waals surface area contributed by atoms with Crippen LogP contribution in [0.4, 0.5) is 9.59 Å². The van der Waals surface area contributed by atoms with E-state index in [1.807, 2.05) is 0 Å². The molecule has 166 valence electrons. The Morgan fingerprint density at radius 1 is 0.750 bits per heavy atom. The van der Waals surface area contributed by atoms with E-state index in [-0.39, 0.29) is 24.4 Å². The van der Waals surface area contributed by atoms with E-state index < -0.39 is 24.1 Å². The van der Waals surface area contributed by atoms with Crippen molar-refractivity contribution in [2.45, 2.75) is 27.7 Å². The van der Waals surface area contributed by atoms with E-state index >= 15 is 0 Å². The van der Waals surface area contributed by atoms with Crippen LogP contribution in [0, 0.1) is 0 Å². The summed E-state index contributed by atoms with van der Waals surface area (Å²) in [7, 11) is 0. The van der Waals surface area contributed by atoms with Crippen molar-refractivity contribution >= 4 is 24.1 Å². The largest absolute Gasteiger partial charge is 0.478 e. The number of carbonyl (C=O) groups is 4. The Morgan fingerprint density at radius 2 is 0.929 bits per heavy atom. The minimum absolute atomic E-state index is 0.125. The Kier molecular flexibility index (Phi) is 36.8. The molecule has 0 rings (SSSR count). The average molecular weight is 412 g/mol. The summed E-state index contributed by atoms with van der Waals surface area (Å²) in [4.78, 5) is 38.4. The van der Waals surface area contributed by atoms with Crippen molar-refractivity contribution in [2.24, 2.45) is 11.5 Å². The zero-order chi connectivity index (χ0) is 23.7. The van der Waals surface area contributed by atoms with Crippen LogP contribution in [0.1, 0.15) is 27.7 Å². The molecule has 2 amide bonds. The van der Waals surface area contributed by atoms with Gasteiger partial charge in [-0.3, -0.25) is 0 Å². The number of carboxylic acid groups (broad SMARTS) is 2. The molecule has 0 aromatic heterocycles. The number of amides is 2. The van der Waals surface area contributed by atoms with E-state index in [0.717, 1.165) is 0 Å². The third kappa shape index (κ3) is 77.6. The molecule has 28 heavy (non-hydrogen) atoms. The maximum atomic E-state index is 9.60. The van der Waals surface area contributed by atoms with Gasteiger partial charge >= 0.3 is 24.1 Å². The first kappa shape index (κ1) is 35.9. The number of hydrogen-bond donors (Lipinski definition) is 6. The number of aliphatic hydroxyl groups excluding tert-OH is 2. The molecule has 0 aliphatic heterocycles. The van der Waals surface area contributed by atoms with Crippen LogP contribution in [0.15, 0.2) is 24.3 Å². The zero-order valence-corrected chi connectivity index (χ0v) is 16.6. The smallest absolute Gasteiger partial charge is 0.404 e. The molecule has 0 aliphatic rings. The number of rotatable bonds is 5. The van der Waals surface area contributed by atoms with Crippen molar-refractivity contribution in [3.8, 4) is 0 Å². The summed E-state index contributed by atoms with van der Waals surface area (Å²) in [5.74, 6) is -1.87. The lowest BCUT2D eigenvalue weighted by atomic mass is 10.4. The lowest BCUT2D eigenvalue weighted by Crippen LogP contribution is -2.11. The second kappa shape index (κ2) is 28.7. The van der Waals surface area contributed by atoms with E-state index in [9.17, 15) is 19.2 Å². The maximum absolute atomic E-state index is 9.60. The predicted molar refractivity (Wildman–Crippen MR) is 101 cm³/mol. The monoisotopic (exact) mass is 412 g/mol. The number of carbonyl (C=O) groups excluding carboxylic acids is 2. The molecule has 0 radical (unpaired) electrons. The molecule has 12 nitrogen and oxygen atoms in total. The van der Waals surface area contributed by atoms with E-state index in [2.05, 4.69) is 34.1 Å². The fraction of sp³-hybridized carbons (Fsp3) is 0.500. The Bertz CT molecular complexity index is 398. The van der Waals surface area contributed by atoms with Gasteiger partial charge in [-0.2, -0.15) is 0 Å². The van der Waals surface area contributed by atoms with Crippen LogP contribution in [0.25, 0.3) is 0 Å². The average Bonchev–Trinajstić information content (AvgIpc) is 2.56. The van der Waals surface area contributed by atoms with Crippen molar-refractivity contribution in [1.29, 1.82) is 0 Å². The van der Waals surface area contributed by atoms with Gasteiger partial charge in [0.1, 0.15) is 0 Å². The molecule has 0 saturated carbocycles. The molecule has 8 N–H and O–H groups in total. The molecule has 0 bridgehead atoms. The second-order valence-corrected chi connectivity index (χ2v) is 4.12. The lowest BCUT2D eigenvalue weighted by molar-refractivity contribution is -0.133. The zero-order valence-electron chi connectivity index (χ0n) is 16.6. The van der Waals surface area contributed by atoms with Gasteiger partial charge in [0.25, 0.3) is 0 Å². The van der Waals surface area contributed by atoms with Gasteiger partial charge in [0, 0.05) is 11.1 Å². The van der Waals surface area contributed by atoms with Gasteiger partial charge < -0.3 is 41.4 Å². The van der Waals surface area contributed by atoms with Gasteiger partial charge in [-0.05, 0) is 27.7 Å². The third-order valence-electron chi connectivity index (χ3n) is 1.40. The molecule has 0 aromatic carbocycles. The van der Waals surface area contributed by atoms with Crippen molar-refractivity contribution in [2.75, 3.05) is 26.4 Å². The summed E-state index contributed by atoms with van der Waals surface area (Å²) < 4.78 is 8.36. The summed E-state index contributed by atoms with van der Waals surface area (Å²) in [5, 5.41) is 31.0. The van der Waals surface area contributed by atoms with Crippen LogP contribution in [-0.4, -0.2) is 71.0 Å². The van der Waals surface area contributed by atoms with Crippen LogP contribution in [0.2, 0.25) is 0 Å². The molecule has 12 heteroatoms. The fourth-order valence-corrected chi connectivity index (χ4v) is 0.285. The van der Waals surface area contributed by atoms with Gasteiger partial charge in [-0.25, -0.2) is 19.2 Å². The highest BCUT2D eigenvalue weighted by Crippen LogP contribution is 1.81. The van der Waals surface area contributed by atoms with Crippen molar-refractivity contribution < 1.29 is 49.1 Å². The molecule has 0 atom stereocenters. The Hall–Kier alpha value is -3.12. The number of aliphatic hydroxyl groups is 2. The summed E-state index contributed by atoms with van der Waals surface area (Å²) in [6.07, 6.45) is -1.42. The topological polar surface area (TPSA) is 220 Å². The van der Waals surface area contributed by atoms with Gasteiger partial charge in [0.2, 0.25) is 0 Å². The number of carboxylic acids is 2. The SMILES string of the molecule is C=C(C)C(=O)O.C=C(C)C(=O)O.CCOC(N)=O.CCOC(N)=O.OCCO. The van der Waals surface area contributed by atoms with E-state index in [1.165, 1.54) is 13.8 Å². The first-order valence-corrected chi connectivity index (χ1v) is 7.58. The fourth-order valence-electron chi connectivity index (χ4n) is 0.285. The summed E-state index contributed by atoms with van der Waals surface area (Å²) in [5.41, 5.74) is 9.44. The molecular weight excluding hydrogens is 380 g/mol. The number of primary amides is 2. The molecule has 0 fully saturated rings. The summed E-state index contributed by atoms with van der Waals surface area (Å²) in [6.45, 7) is 13.1. The third-order valence-corrected chi connectivity index (χ3v) is 1.40.